The highest BCUT2D eigenvalue weighted by Crippen LogP contribution is 2.34. The largest absolute Gasteiger partial charge is 0.497 e. The zero-order chi connectivity index (χ0) is 20.4. The van der Waals surface area contributed by atoms with E-state index in [-0.39, 0.29) is 5.91 Å². The van der Waals surface area contributed by atoms with E-state index in [1.165, 1.54) is 6.92 Å². The summed E-state index contributed by atoms with van der Waals surface area (Å²) in [6, 6.07) is 7.24. The van der Waals surface area contributed by atoms with Crippen LogP contribution < -0.4 is 14.8 Å². The van der Waals surface area contributed by atoms with E-state index in [2.05, 4.69) is 15.3 Å². The monoisotopic (exact) mass is 399 g/mol. The highest BCUT2D eigenvalue weighted by Gasteiger charge is 2.22. The number of imidazole rings is 1. The maximum atomic E-state index is 12.1. The number of H-pyrrole nitrogens is 1. The SMILES string of the molecule is COc1ccc2nc(C(=S=O)c3c(NC(C)=O)cc(C)c(OC)c3C)[nH]c2c1. The molecule has 2 aromatic carbocycles. The first-order valence-electron chi connectivity index (χ1n) is 8.56. The maximum absolute atomic E-state index is 12.1. The molecule has 0 fully saturated rings. The van der Waals surface area contributed by atoms with E-state index in [1.54, 1.807) is 26.4 Å². The highest BCUT2D eigenvalue weighted by molar-refractivity contribution is 7.67. The van der Waals surface area contributed by atoms with Crippen LogP contribution in [0.5, 0.6) is 11.5 Å². The number of hydrogen-bond acceptors (Lipinski definition) is 5. The lowest BCUT2D eigenvalue weighted by atomic mass is 9.98. The number of benzene rings is 2. The van der Waals surface area contributed by atoms with E-state index in [1.807, 2.05) is 26.0 Å². The van der Waals surface area contributed by atoms with E-state index < -0.39 is 0 Å². The number of carbonyl (C=O) groups is 1. The fourth-order valence-electron chi connectivity index (χ4n) is 3.28. The Balaban J connectivity index is 2.25. The van der Waals surface area contributed by atoms with Gasteiger partial charge in [0.1, 0.15) is 27.6 Å². The van der Waals surface area contributed by atoms with Crippen LogP contribution in [0.2, 0.25) is 0 Å². The quantitative estimate of drug-likeness (QED) is 0.508. The molecule has 28 heavy (non-hydrogen) atoms. The lowest BCUT2D eigenvalue weighted by Gasteiger charge is -2.18. The molecule has 8 heteroatoms. The predicted molar refractivity (Wildman–Crippen MR) is 111 cm³/mol. The van der Waals surface area contributed by atoms with Gasteiger partial charge in [0.25, 0.3) is 0 Å². The van der Waals surface area contributed by atoms with Crippen LogP contribution in [0.1, 0.15) is 29.4 Å². The standard InChI is InChI=1S/C20H21N3O4S/c1-10-8-16(21-12(3)24)17(11(2)18(10)27-5)19(28-25)20-22-14-7-6-13(26-4)9-15(14)23-20/h6-9H,1-5H3,(H,21,24)(H,22,23). The van der Waals surface area contributed by atoms with Crippen molar-refractivity contribution in [2.24, 2.45) is 0 Å². The molecular formula is C20H21N3O4S. The normalized spacial score (nSPS) is 10.6. The third-order valence-electron chi connectivity index (χ3n) is 4.43. The zero-order valence-electron chi connectivity index (χ0n) is 16.3. The Kier molecular flexibility index (Phi) is 5.51. The van der Waals surface area contributed by atoms with Crippen LogP contribution >= 0.6 is 0 Å². The average Bonchev–Trinajstić information content (AvgIpc) is 3.07. The summed E-state index contributed by atoms with van der Waals surface area (Å²) >= 11 is 0.317. The molecule has 0 atom stereocenters. The molecule has 1 heterocycles. The van der Waals surface area contributed by atoms with Crippen molar-refractivity contribution in [3.63, 3.8) is 0 Å². The van der Waals surface area contributed by atoms with Crippen LogP contribution in [0.15, 0.2) is 24.3 Å². The highest BCUT2D eigenvalue weighted by atomic mass is 32.1. The van der Waals surface area contributed by atoms with Crippen LogP contribution in [0.4, 0.5) is 5.69 Å². The summed E-state index contributed by atoms with van der Waals surface area (Å²) < 4.78 is 22.9. The minimum atomic E-state index is -0.227. The molecule has 0 aliphatic carbocycles. The second-order valence-electron chi connectivity index (χ2n) is 6.34. The molecule has 0 saturated heterocycles. The van der Waals surface area contributed by atoms with Crippen LogP contribution in [-0.2, 0) is 16.1 Å². The molecule has 3 rings (SSSR count). The van der Waals surface area contributed by atoms with Crippen molar-refractivity contribution in [3.05, 3.63) is 46.8 Å². The van der Waals surface area contributed by atoms with Gasteiger partial charge in [-0.2, -0.15) is 0 Å². The molecule has 146 valence electrons. The Morgan fingerprint density at radius 2 is 1.93 bits per heavy atom. The topological polar surface area (TPSA) is 93.3 Å². The number of ether oxygens (including phenoxy) is 2. The van der Waals surface area contributed by atoms with Gasteiger partial charge in [-0.15, -0.1) is 0 Å². The molecule has 0 radical (unpaired) electrons. The molecule has 0 spiro atoms. The van der Waals surface area contributed by atoms with E-state index in [0.29, 0.717) is 50.2 Å². The number of fused-ring (bicyclic) bond motifs is 1. The molecule has 0 bridgehead atoms. The Bertz CT molecular complexity index is 1130. The minimum absolute atomic E-state index is 0.227. The number of rotatable bonds is 5. The Morgan fingerprint density at radius 1 is 1.18 bits per heavy atom. The molecule has 0 saturated carbocycles. The number of nitrogens with one attached hydrogen (secondary N) is 2. The molecular weight excluding hydrogens is 378 g/mol. The van der Waals surface area contributed by atoms with E-state index in [0.717, 1.165) is 16.6 Å². The summed E-state index contributed by atoms with van der Waals surface area (Å²) in [6.45, 7) is 5.17. The van der Waals surface area contributed by atoms with Gasteiger partial charge in [0.05, 0.1) is 30.9 Å². The van der Waals surface area contributed by atoms with Crippen LogP contribution in [0.25, 0.3) is 11.0 Å². The van der Waals surface area contributed by atoms with Crippen LogP contribution in [-0.4, -0.2) is 39.2 Å². The van der Waals surface area contributed by atoms with Gasteiger partial charge in [0.2, 0.25) is 5.91 Å². The average molecular weight is 399 g/mol. The number of nitrogens with zero attached hydrogens (tertiary/aromatic N) is 1. The van der Waals surface area contributed by atoms with Gasteiger partial charge in [0.15, 0.2) is 5.82 Å². The molecule has 0 unspecified atom stereocenters. The minimum Gasteiger partial charge on any atom is -0.497 e. The van der Waals surface area contributed by atoms with Crippen LogP contribution in [0.3, 0.4) is 0 Å². The Labute approximate surface area is 166 Å². The number of aromatic amines is 1. The van der Waals surface area contributed by atoms with E-state index >= 15 is 0 Å². The van der Waals surface area contributed by atoms with Gasteiger partial charge < -0.3 is 19.8 Å². The fourth-order valence-corrected chi connectivity index (χ4v) is 3.81. The van der Waals surface area contributed by atoms with E-state index in [4.69, 9.17) is 9.47 Å². The summed E-state index contributed by atoms with van der Waals surface area (Å²) in [5.74, 6) is 1.54. The van der Waals surface area contributed by atoms with Gasteiger partial charge in [-0.05, 0) is 37.6 Å². The number of anilines is 1. The number of methoxy groups -OCH3 is 2. The third kappa shape index (κ3) is 3.50. The van der Waals surface area contributed by atoms with Crippen molar-refractivity contribution in [1.82, 2.24) is 9.97 Å². The molecule has 1 amide bonds. The summed E-state index contributed by atoms with van der Waals surface area (Å²) in [4.78, 5) is 19.8. The zero-order valence-corrected chi connectivity index (χ0v) is 17.1. The first-order valence-corrected chi connectivity index (χ1v) is 9.30. The summed E-state index contributed by atoms with van der Waals surface area (Å²) in [5, 5.41) is 2.81. The second-order valence-corrected chi connectivity index (χ2v) is 6.91. The van der Waals surface area contributed by atoms with Crippen molar-refractivity contribution in [3.8, 4) is 11.5 Å². The first kappa shape index (κ1) is 19.6. The summed E-state index contributed by atoms with van der Waals surface area (Å²) in [7, 11) is 3.17. The lowest BCUT2D eigenvalue weighted by Crippen LogP contribution is -2.16. The molecule has 7 nitrogen and oxygen atoms in total. The smallest absolute Gasteiger partial charge is 0.221 e. The van der Waals surface area contributed by atoms with Gasteiger partial charge >= 0.3 is 0 Å². The molecule has 2 N–H and O–H groups in total. The van der Waals surface area contributed by atoms with Crippen molar-refractivity contribution < 1.29 is 18.5 Å². The fraction of sp³-hybridized carbons (Fsp3) is 0.250. The summed E-state index contributed by atoms with van der Waals surface area (Å²) in [6.07, 6.45) is 0. The number of carbonyl (C=O) groups excluding carboxylic acids is 1. The number of aryl methyl sites for hydroxylation is 1. The maximum Gasteiger partial charge on any atom is 0.221 e. The second kappa shape index (κ2) is 7.85. The van der Waals surface area contributed by atoms with Crippen molar-refractivity contribution in [2.45, 2.75) is 20.8 Å². The van der Waals surface area contributed by atoms with Crippen molar-refractivity contribution in [2.75, 3.05) is 19.5 Å². The molecule has 3 aromatic rings. The predicted octanol–water partition coefficient (Wildman–Crippen LogP) is 2.94. The number of amides is 1. The van der Waals surface area contributed by atoms with Gasteiger partial charge in [-0.3, -0.25) is 4.79 Å². The number of aromatic nitrogens is 2. The number of hydrogen-bond donors (Lipinski definition) is 2. The molecule has 0 aliphatic rings. The lowest BCUT2D eigenvalue weighted by molar-refractivity contribution is -0.114. The third-order valence-corrected chi connectivity index (χ3v) is 5.00. The Hall–Kier alpha value is -3.13. The van der Waals surface area contributed by atoms with Crippen molar-refractivity contribution in [1.29, 1.82) is 0 Å². The van der Waals surface area contributed by atoms with E-state index in [9.17, 15) is 9.00 Å². The first-order chi connectivity index (χ1) is 13.4. The Morgan fingerprint density at radius 3 is 2.54 bits per heavy atom. The van der Waals surface area contributed by atoms with Gasteiger partial charge in [-0.25, -0.2) is 9.19 Å². The molecule has 0 aliphatic heterocycles. The van der Waals surface area contributed by atoms with Gasteiger partial charge in [-0.1, -0.05) is 0 Å². The van der Waals surface area contributed by atoms with Crippen molar-refractivity contribution >= 4 is 38.7 Å². The molecule has 1 aromatic heterocycles. The summed E-state index contributed by atoms with van der Waals surface area (Å²) in [5.41, 5.74) is 4.20. The van der Waals surface area contributed by atoms with Crippen LogP contribution in [0, 0.1) is 13.8 Å². The van der Waals surface area contributed by atoms with Gasteiger partial charge in [0, 0.05) is 24.1 Å².